The van der Waals surface area contributed by atoms with E-state index >= 15 is 0 Å². The summed E-state index contributed by atoms with van der Waals surface area (Å²) in [6, 6.07) is 0. The minimum absolute atomic E-state index is 0. The van der Waals surface area contributed by atoms with Crippen molar-refractivity contribution in [3.8, 4) is 0 Å². The van der Waals surface area contributed by atoms with Gasteiger partial charge in [-0.25, -0.2) is 0 Å². The number of methoxy groups -OCH3 is 1. The Balaban J connectivity index is 0. The molecule has 0 N–H and O–H groups in total. The summed E-state index contributed by atoms with van der Waals surface area (Å²) in [4.78, 5) is 0. The smallest absolute Gasteiger partial charge is 0.216 e. The van der Waals surface area contributed by atoms with E-state index in [4.69, 9.17) is 0 Å². The molecule has 0 aliphatic heterocycles. The van der Waals surface area contributed by atoms with Crippen LogP contribution in [0.25, 0.3) is 0 Å². The molecule has 0 bridgehead atoms. The summed E-state index contributed by atoms with van der Waals surface area (Å²) in [5, 5.41) is 0. The molecule has 0 amide bonds. The van der Waals surface area contributed by atoms with Crippen molar-refractivity contribution in [1.29, 1.82) is 0 Å². The third-order valence-corrected chi connectivity index (χ3v) is 0.524. The first-order chi connectivity index (χ1) is 2.27. The number of thiocarbonyl (C=S) groups is 1. The maximum absolute atomic E-state index is 4.35. The number of hydrogen-bond acceptors (Lipinski definition) is 2. The summed E-state index contributed by atoms with van der Waals surface area (Å²) in [7, 11) is 1.48. The summed E-state index contributed by atoms with van der Waals surface area (Å²) < 4.78 is 4.63. The Kier molecular flexibility index (Phi) is 9.53. The van der Waals surface area contributed by atoms with Crippen molar-refractivity contribution in [3.63, 3.8) is 0 Å². The molecule has 0 atom stereocenters. The summed E-state index contributed by atoms with van der Waals surface area (Å²) in [5.41, 5.74) is 0. The van der Waals surface area contributed by atoms with E-state index in [1.54, 1.807) is 0 Å². The van der Waals surface area contributed by atoms with E-state index in [1.165, 1.54) is 7.11 Å². The Hall–Kier alpha value is 0.772. The summed E-state index contributed by atoms with van der Waals surface area (Å²) in [6.45, 7) is 0. The average molecular weight is 160 g/mol. The third kappa shape index (κ3) is 8.84. The average Bonchev–Trinajstić information content (AvgIpc) is 1.38. The third-order valence-electron chi connectivity index (χ3n) is 0.175. The van der Waals surface area contributed by atoms with E-state index < -0.39 is 0 Å². The molecule has 0 spiro atoms. The molecular weight excluding hydrogens is 156 g/mol. The van der Waals surface area contributed by atoms with Crippen LogP contribution in [0.15, 0.2) is 0 Å². The minimum atomic E-state index is 0. The van der Waals surface area contributed by atoms with Gasteiger partial charge in [0.2, 0.25) is 4.38 Å². The molecule has 0 aromatic heterocycles. The van der Waals surface area contributed by atoms with Crippen LogP contribution in [0.4, 0.5) is 0 Å². The SMILES string of the molecule is COC(=S)S.[Cr]. The van der Waals surface area contributed by atoms with E-state index in [2.05, 4.69) is 29.6 Å². The van der Waals surface area contributed by atoms with Gasteiger partial charge in [-0.05, 0) is 12.2 Å². The molecule has 0 aliphatic carbocycles. The van der Waals surface area contributed by atoms with Crippen LogP contribution < -0.4 is 0 Å². The van der Waals surface area contributed by atoms with Crippen molar-refractivity contribution < 1.29 is 22.1 Å². The number of ether oxygens (including phenoxy) is 1. The maximum Gasteiger partial charge on any atom is 0.216 e. The zero-order valence-corrected chi connectivity index (χ0v) is 6.16. The molecule has 0 aromatic carbocycles. The standard InChI is InChI=1S/C2H4OS2.Cr/c1-3-2(4)5;/h1H3,(H,4,5);. The van der Waals surface area contributed by atoms with Crippen molar-refractivity contribution >= 4 is 29.2 Å². The first-order valence-electron chi connectivity index (χ1n) is 1.04. The Labute approximate surface area is 58.6 Å². The molecule has 0 radical (unpaired) electrons. The van der Waals surface area contributed by atoms with Crippen LogP contribution in [-0.2, 0) is 22.1 Å². The summed E-state index contributed by atoms with van der Waals surface area (Å²) in [5.74, 6) is 0. The van der Waals surface area contributed by atoms with Crippen LogP contribution in [-0.4, -0.2) is 11.5 Å². The first kappa shape index (κ1) is 9.91. The molecule has 1 nitrogen and oxygen atoms in total. The zero-order valence-electron chi connectivity index (χ0n) is 3.17. The minimum Gasteiger partial charge on any atom is -0.482 e. The molecule has 36 valence electrons. The second kappa shape index (κ2) is 5.77. The van der Waals surface area contributed by atoms with E-state index in [1.807, 2.05) is 0 Å². The Bertz CT molecular complexity index is 46.8. The van der Waals surface area contributed by atoms with Crippen molar-refractivity contribution in [2.24, 2.45) is 0 Å². The largest absolute Gasteiger partial charge is 0.482 e. The summed E-state index contributed by atoms with van der Waals surface area (Å²) >= 11 is 7.95. The van der Waals surface area contributed by atoms with Crippen molar-refractivity contribution in [1.82, 2.24) is 0 Å². The molecule has 0 aromatic rings. The molecule has 0 unspecified atom stereocenters. The molecular formula is C2H4CrOS2. The topological polar surface area (TPSA) is 9.23 Å². The van der Waals surface area contributed by atoms with Gasteiger partial charge in [0.05, 0.1) is 7.11 Å². The molecule has 0 heterocycles. The van der Waals surface area contributed by atoms with Crippen LogP contribution in [0, 0.1) is 0 Å². The number of hydrogen-bond donors (Lipinski definition) is 1. The fraction of sp³-hybridized carbons (Fsp3) is 0.500. The van der Waals surface area contributed by atoms with Gasteiger partial charge in [0, 0.05) is 17.4 Å². The van der Waals surface area contributed by atoms with Crippen molar-refractivity contribution in [3.05, 3.63) is 0 Å². The van der Waals surface area contributed by atoms with Crippen LogP contribution >= 0.6 is 24.8 Å². The predicted octanol–water partition coefficient (Wildman–Crippen LogP) is 0.845. The fourth-order valence-corrected chi connectivity index (χ4v) is 0. The van der Waals surface area contributed by atoms with Crippen molar-refractivity contribution in [2.75, 3.05) is 7.11 Å². The maximum atomic E-state index is 4.35. The monoisotopic (exact) mass is 160 g/mol. The van der Waals surface area contributed by atoms with Crippen LogP contribution in [0.5, 0.6) is 0 Å². The zero-order chi connectivity index (χ0) is 4.28. The van der Waals surface area contributed by atoms with Crippen LogP contribution in [0.2, 0.25) is 0 Å². The van der Waals surface area contributed by atoms with Gasteiger partial charge < -0.3 is 4.74 Å². The molecule has 0 saturated heterocycles. The van der Waals surface area contributed by atoms with Crippen LogP contribution in [0.1, 0.15) is 0 Å². The van der Waals surface area contributed by atoms with Gasteiger partial charge >= 0.3 is 0 Å². The van der Waals surface area contributed by atoms with Gasteiger partial charge in [-0.3, -0.25) is 0 Å². The Morgan fingerprint density at radius 1 is 1.83 bits per heavy atom. The molecule has 0 fully saturated rings. The quantitative estimate of drug-likeness (QED) is 0.415. The molecule has 6 heavy (non-hydrogen) atoms. The van der Waals surface area contributed by atoms with Gasteiger partial charge in [-0.1, -0.05) is 12.6 Å². The molecule has 0 saturated carbocycles. The fourth-order valence-electron chi connectivity index (χ4n) is 0. The Morgan fingerprint density at radius 2 is 2.00 bits per heavy atom. The van der Waals surface area contributed by atoms with E-state index in [0.29, 0.717) is 0 Å². The molecule has 0 aliphatic rings. The van der Waals surface area contributed by atoms with Gasteiger partial charge in [-0.15, -0.1) is 0 Å². The van der Waals surface area contributed by atoms with Crippen LogP contribution in [0.3, 0.4) is 0 Å². The Morgan fingerprint density at radius 3 is 2.00 bits per heavy atom. The van der Waals surface area contributed by atoms with Gasteiger partial charge in [0.15, 0.2) is 0 Å². The van der Waals surface area contributed by atoms with E-state index in [-0.39, 0.29) is 21.7 Å². The van der Waals surface area contributed by atoms with Gasteiger partial charge in [-0.2, -0.15) is 0 Å². The second-order valence-corrected chi connectivity index (χ2v) is 1.55. The van der Waals surface area contributed by atoms with Gasteiger partial charge in [0.1, 0.15) is 0 Å². The van der Waals surface area contributed by atoms with E-state index in [9.17, 15) is 0 Å². The van der Waals surface area contributed by atoms with E-state index in [0.717, 1.165) is 0 Å². The predicted molar refractivity (Wildman–Crippen MR) is 28.6 cm³/mol. The van der Waals surface area contributed by atoms with Gasteiger partial charge in [0.25, 0.3) is 0 Å². The molecule has 0 rings (SSSR count). The second-order valence-electron chi connectivity index (χ2n) is 0.470. The first-order valence-corrected chi connectivity index (χ1v) is 1.90. The summed E-state index contributed by atoms with van der Waals surface area (Å²) in [6.07, 6.45) is 0. The normalized spacial score (nSPS) is 5.67. The molecule has 4 heteroatoms. The number of rotatable bonds is 0. The van der Waals surface area contributed by atoms with Crippen molar-refractivity contribution in [2.45, 2.75) is 0 Å². The number of thiol groups is 1.